The van der Waals surface area contributed by atoms with Gasteiger partial charge in [-0.1, -0.05) is 29.8 Å². The highest BCUT2D eigenvalue weighted by Gasteiger charge is 2.29. The molecule has 1 aliphatic rings. The molecule has 0 bridgehead atoms. The van der Waals surface area contributed by atoms with Crippen LogP contribution in [0.1, 0.15) is 41.6 Å². The number of nitrogens with zero attached hydrogens (tertiary/aromatic N) is 5. The summed E-state index contributed by atoms with van der Waals surface area (Å²) in [5, 5.41) is 14.3. The minimum absolute atomic E-state index is 0.102. The average molecular weight is 494 g/mol. The summed E-state index contributed by atoms with van der Waals surface area (Å²) in [4.78, 5) is 41.1. The number of hydrogen-bond donors (Lipinski definition) is 2. The molecule has 3 aromatic rings. The third kappa shape index (κ3) is 5.40. The lowest BCUT2D eigenvalue weighted by atomic mass is 10.1. The van der Waals surface area contributed by atoms with E-state index >= 15 is 0 Å². The molecule has 1 aliphatic heterocycles. The van der Waals surface area contributed by atoms with Crippen LogP contribution in [0.4, 0.5) is 10.5 Å². The molecule has 0 radical (unpaired) electrons. The third-order valence-electron chi connectivity index (χ3n) is 6.21. The van der Waals surface area contributed by atoms with Crippen molar-refractivity contribution in [3.63, 3.8) is 0 Å². The van der Waals surface area contributed by atoms with Crippen LogP contribution in [0.2, 0.25) is 0 Å². The van der Waals surface area contributed by atoms with E-state index in [9.17, 15) is 14.4 Å². The number of anilines is 1. The number of carbonyl (C=O) groups is 3. The molecule has 1 saturated heterocycles. The van der Waals surface area contributed by atoms with Crippen molar-refractivity contribution in [2.75, 3.05) is 38.1 Å². The zero-order chi connectivity index (χ0) is 25.8. The second-order valence-electron chi connectivity index (χ2n) is 8.78. The lowest BCUT2D eigenvalue weighted by Crippen LogP contribution is -2.52. The molecule has 11 nitrogen and oxygen atoms in total. The van der Waals surface area contributed by atoms with Gasteiger partial charge in [-0.15, -0.1) is 0 Å². The van der Waals surface area contributed by atoms with E-state index in [0.29, 0.717) is 55.6 Å². The van der Waals surface area contributed by atoms with Gasteiger partial charge in [0.1, 0.15) is 11.7 Å². The lowest BCUT2D eigenvalue weighted by Gasteiger charge is -2.35. The molecule has 36 heavy (non-hydrogen) atoms. The van der Waals surface area contributed by atoms with E-state index in [-0.39, 0.29) is 17.9 Å². The Labute approximate surface area is 209 Å². The van der Waals surface area contributed by atoms with E-state index in [2.05, 4.69) is 20.6 Å². The highest BCUT2D eigenvalue weighted by Crippen LogP contribution is 2.21. The van der Waals surface area contributed by atoms with E-state index < -0.39 is 6.04 Å². The van der Waals surface area contributed by atoms with Crippen LogP contribution in [0.15, 0.2) is 36.5 Å². The van der Waals surface area contributed by atoms with Crippen molar-refractivity contribution in [2.45, 2.75) is 33.7 Å². The molecule has 190 valence electrons. The van der Waals surface area contributed by atoms with Crippen LogP contribution in [-0.2, 0) is 9.53 Å². The summed E-state index contributed by atoms with van der Waals surface area (Å²) in [6.45, 7) is 9.32. The topological polar surface area (TPSA) is 125 Å². The zero-order valence-corrected chi connectivity index (χ0v) is 20.9. The summed E-state index contributed by atoms with van der Waals surface area (Å²) in [6, 6.07) is 9.02. The van der Waals surface area contributed by atoms with Crippen molar-refractivity contribution in [2.24, 2.45) is 0 Å². The maximum absolute atomic E-state index is 13.1. The Morgan fingerprint density at radius 1 is 1.08 bits per heavy atom. The molecule has 0 saturated carbocycles. The van der Waals surface area contributed by atoms with Gasteiger partial charge in [-0.3, -0.25) is 19.4 Å². The molecule has 1 fully saturated rings. The summed E-state index contributed by atoms with van der Waals surface area (Å²) < 4.78 is 6.58. The van der Waals surface area contributed by atoms with Crippen LogP contribution < -0.4 is 5.32 Å². The number of aromatic amines is 1. The van der Waals surface area contributed by atoms with Gasteiger partial charge in [0.25, 0.3) is 5.91 Å². The van der Waals surface area contributed by atoms with Gasteiger partial charge >= 0.3 is 6.09 Å². The van der Waals surface area contributed by atoms with Crippen molar-refractivity contribution in [3.8, 4) is 11.3 Å². The quantitative estimate of drug-likeness (QED) is 0.544. The third-order valence-corrected chi connectivity index (χ3v) is 6.21. The molecule has 3 heterocycles. The molecule has 1 aromatic carbocycles. The summed E-state index contributed by atoms with van der Waals surface area (Å²) in [5.41, 5.74) is 4.16. The van der Waals surface area contributed by atoms with Crippen LogP contribution in [-0.4, -0.2) is 80.5 Å². The van der Waals surface area contributed by atoms with Crippen LogP contribution >= 0.6 is 0 Å². The first-order valence-corrected chi connectivity index (χ1v) is 12.0. The Hall–Kier alpha value is -4.15. The molecule has 0 aliphatic carbocycles. The molecule has 4 rings (SSSR count). The van der Waals surface area contributed by atoms with Crippen molar-refractivity contribution >= 4 is 23.6 Å². The van der Waals surface area contributed by atoms with Gasteiger partial charge < -0.3 is 19.9 Å². The number of aromatic nitrogens is 4. The average Bonchev–Trinajstić information content (AvgIpc) is 3.51. The second-order valence-corrected chi connectivity index (χ2v) is 8.78. The largest absolute Gasteiger partial charge is 0.450 e. The van der Waals surface area contributed by atoms with E-state index in [1.54, 1.807) is 47.5 Å². The van der Waals surface area contributed by atoms with E-state index in [1.807, 2.05) is 31.2 Å². The number of carbonyl (C=O) groups excluding carboxylic acids is 3. The number of nitrogens with one attached hydrogen (secondary N) is 2. The van der Waals surface area contributed by atoms with E-state index in [1.165, 1.54) is 0 Å². The summed E-state index contributed by atoms with van der Waals surface area (Å²) >= 11 is 0. The minimum Gasteiger partial charge on any atom is -0.450 e. The Balaban J connectivity index is 1.37. The van der Waals surface area contributed by atoms with Gasteiger partial charge in [0, 0.05) is 37.9 Å². The fourth-order valence-electron chi connectivity index (χ4n) is 4.00. The molecule has 0 spiro atoms. The van der Waals surface area contributed by atoms with Crippen LogP contribution in [0.25, 0.3) is 11.3 Å². The molecule has 2 N–H and O–H groups in total. The number of ether oxygens (including phenoxy) is 1. The summed E-state index contributed by atoms with van der Waals surface area (Å²) in [5.74, 6) is -0.451. The van der Waals surface area contributed by atoms with Crippen LogP contribution in [0, 0.1) is 13.8 Å². The van der Waals surface area contributed by atoms with Gasteiger partial charge in [-0.2, -0.15) is 10.2 Å². The number of benzene rings is 1. The van der Waals surface area contributed by atoms with Gasteiger partial charge in [-0.25, -0.2) is 4.79 Å². The predicted molar refractivity (Wildman–Crippen MR) is 134 cm³/mol. The number of piperazine rings is 1. The minimum atomic E-state index is -0.566. The Morgan fingerprint density at radius 3 is 2.42 bits per heavy atom. The SMILES string of the molecule is CCOC(=O)N1CCN(C(=O)C(C)n2cc(NC(=O)c3cc(-c4ccc(C)cc4)n[nH]3)c(C)n2)CC1. The summed E-state index contributed by atoms with van der Waals surface area (Å²) in [7, 11) is 0. The van der Waals surface area contributed by atoms with E-state index in [0.717, 1.165) is 11.1 Å². The number of aryl methyl sites for hydroxylation is 2. The van der Waals surface area contributed by atoms with Gasteiger partial charge in [0.2, 0.25) is 5.91 Å². The Kier molecular flexibility index (Phi) is 7.37. The lowest BCUT2D eigenvalue weighted by molar-refractivity contribution is -0.136. The van der Waals surface area contributed by atoms with Crippen molar-refractivity contribution in [1.82, 2.24) is 29.8 Å². The highest BCUT2D eigenvalue weighted by molar-refractivity contribution is 6.03. The second kappa shape index (κ2) is 10.6. The number of amides is 3. The van der Waals surface area contributed by atoms with Crippen molar-refractivity contribution < 1.29 is 19.1 Å². The van der Waals surface area contributed by atoms with Crippen LogP contribution in [0.5, 0.6) is 0 Å². The normalized spacial score (nSPS) is 14.4. The molecule has 11 heteroatoms. The Bertz CT molecular complexity index is 1240. The van der Waals surface area contributed by atoms with Gasteiger partial charge in [-0.05, 0) is 33.8 Å². The number of hydrogen-bond acceptors (Lipinski definition) is 6. The first kappa shape index (κ1) is 25.0. The molecule has 3 amide bonds. The first-order valence-electron chi connectivity index (χ1n) is 12.0. The maximum atomic E-state index is 13.1. The molecular weight excluding hydrogens is 462 g/mol. The first-order chi connectivity index (χ1) is 17.3. The standard InChI is InChI=1S/C25H31N7O4/c1-5-36-25(35)31-12-10-30(11-13-31)24(34)18(4)32-15-22(17(3)29-32)26-23(33)21-14-20(27-28-21)19-8-6-16(2)7-9-19/h6-9,14-15,18H,5,10-13H2,1-4H3,(H,26,33)(H,27,28). The van der Waals surface area contributed by atoms with E-state index in [4.69, 9.17) is 4.74 Å². The molecular formula is C25H31N7O4. The fraction of sp³-hybridized carbons (Fsp3) is 0.400. The molecule has 1 atom stereocenters. The monoisotopic (exact) mass is 493 g/mol. The van der Waals surface area contributed by atoms with Crippen LogP contribution in [0.3, 0.4) is 0 Å². The number of rotatable bonds is 6. The van der Waals surface area contributed by atoms with Gasteiger partial charge in [0.05, 0.1) is 23.7 Å². The Morgan fingerprint density at radius 2 is 1.75 bits per heavy atom. The predicted octanol–water partition coefficient (Wildman–Crippen LogP) is 3.00. The smallest absolute Gasteiger partial charge is 0.409 e. The molecule has 1 unspecified atom stereocenters. The molecule has 2 aromatic heterocycles. The van der Waals surface area contributed by atoms with Gasteiger partial charge in [0.15, 0.2) is 0 Å². The summed E-state index contributed by atoms with van der Waals surface area (Å²) in [6.07, 6.45) is 1.30. The number of H-pyrrole nitrogens is 1. The highest BCUT2D eigenvalue weighted by atomic mass is 16.6. The fourth-order valence-corrected chi connectivity index (χ4v) is 4.00. The zero-order valence-electron chi connectivity index (χ0n) is 20.9. The maximum Gasteiger partial charge on any atom is 0.409 e. The van der Waals surface area contributed by atoms with Crippen molar-refractivity contribution in [3.05, 3.63) is 53.5 Å². The van der Waals surface area contributed by atoms with Crippen molar-refractivity contribution in [1.29, 1.82) is 0 Å².